The SMILES string of the molecule is CC1(NCCCn2ccnc2)CCNC1. The van der Waals surface area contributed by atoms with Crippen molar-refractivity contribution in [2.24, 2.45) is 0 Å². The average molecular weight is 208 g/mol. The number of aryl methyl sites for hydroxylation is 1. The van der Waals surface area contributed by atoms with E-state index in [0.717, 1.165) is 32.6 Å². The third-order valence-corrected chi connectivity index (χ3v) is 3.07. The maximum absolute atomic E-state index is 4.02. The second-order valence-corrected chi connectivity index (χ2v) is 4.57. The molecule has 0 aromatic carbocycles. The van der Waals surface area contributed by atoms with Gasteiger partial charge in [0.1, 0.15) is 0 Å². The number of nitrogens with zero attached hydrogens (tertiary/aromatic N) is 2. The molecule has 1 unspecified atom stereocenters. The zero-order valence-electron chi connectivity index (χ0n) is 9.37. The molecule has 1 atom stereocenters. The predicted octanol–water partition coefficient (Wildman–Crippen LogP) is 0.615. The number of nitrogens with one attached hydrogen (secondary N) is 2. The lowest BCUT2D eigenvalue weighted by molar-refractivity contribution is 0.379. The molecule has 0 bridgehead atoms. The second-order valence-electron chi connectivity index (χ2n) is 4.57. The molecule has 0 radical (unpaired) electrons. The molecule has 2 heterocycles. The number of imidazole rings is 1. The van der Waals surface area contributed by atoms with E-state index in [0.29, 0.717) is 5.54 Å². The fraction of sp³-hybridized carbons (Fsp3) is 0.727. The predicted molar refractivity (Wildman–Crippen MR) is 60.7 cm³/mol. The number of rotatable bonds is 5. The summed E-state index contributed by atoms with van der Waals surface area (Å²) >= 11 is 0. The first-order chi connectivity index (χ1) is 7.29. The Balaban J connectivity index is 1.62. The van der Waals surface area contributed by atoms with E-state index >= 15 is 0 Å². The standard InChI is InChI=1S/C11H20N4/c1-11(3-5-12-9-11)14-4-2-7-15-8-6-13-10-15/h6,8,10,12,14H,2-5,7,9H2,1H3. The topological polar surface area (TPSA) is 41.9 Å². The first-order valence-corrected chi connectivity index (χ1v) is 5.70. The molecule has 1 aliphatic rings. The van der Waals surface area contributed by atoms with Crippen molar-refractivity contribution < 1.29 is 0 Å². The Morgan fingerprint density at radius 3 is 3.20 bits per heavy atom. The van der Waals surface area contributed by atoms with E-state index in [-0.39, 0.29) is 0 Å². The van der Waals surface area contributed by atoms with Gasteiger partial charge in [0, 0.05) is 31.0 Å². The average Bonchev–Trinajstić information content (AvgIpc) is 2.84. The molecule has 84 valence electrons. The third-order valence-electron chi connectivity index (χ3n) is 3.07. The largest absolute Gasteiger partial charge is 0.337 e. The fourth-order valence-corrected chi connectivity index (χ4v) is 2.04. The molecule has 0 saturated carbocycles. The molecule has 0 aliphatic carbocycles. The minimum atomic E-state index is 0.314. The summed E-state index contributed by atoms with van der Waals surface area (Å²) < 4.78 is 2.12. The van der Waals surface area contributed by atoms with Gasteiger partial charge in [0.25, 0.3) is 0 Å². The highest BCUT2D eigenvalue weighted by Gasteiger charge is 2.26. The maximum Gasteiger partial charge on any atom is 0.0945 e. The van der Waals surface area contributed by atoms with Gasteiger partial charge in [-0.2, -0.15) is 0 Å². The van der Waals surface area contributed by atoms with E-state index in [1.54, 1.807) is 0 Å². The van der Waals surface area contributed by atoms with E-state index in [1.807, 2.05) is 18.7 Å². The highest BCUT2D eigenvalue weighted by molar-refractivity contribution is 4.91. The van der Waals surface area contributed by atoms with Gasteiger partial charge in [0.05, 0.1) is 6.33 Å². The summed E-state index contributed by atoms with van der Waals surface area (Å²) in [6, 6.07) is 0. The smallest absolute Gasteiger partial charge is 0.0945 e. The van der Waals surface area contributed by atoms with E-state index in [4.69, 9.17) is 0 Å². The van der Waals surface area contributed by atoms with E-state index in [9.17, 15) is 0 Å². The molecular formula is C11H20N4. The van der Waals surface area contributed by atoms with Crippen molar-refractivity contribution in [1.82, 2.24) is 20.2 Å². The first-order valence-electron chi connectivity index (χ1n) is 5.70. The minimum Gasteiger partial charge on any atom is -0.337 e. The van der Waals surface area contributed by atoms with Gasteiger partial charge >= 0.3 is 0 Å². The number of hydrogen-bond acceptors (Lipinski definition) is 3. The Morgan fingerprint density at radius 1 is 1.60 bits per heavy atom. The van der Waals surface area contributed by atoms with Crippen LogP contribution in [-0.2, 0) is 6.54 Å². The van der Waals surface area contributed by atoms with Gasteiger partial charge < -0.3 is 15.2 Å². The Kier molecular flexibility index (Phi) is 3.38. The van der Waals surface area contributed by atoms with Crippen LogP contribution in [0.2, 0.25) is 0 Å². The van der Waals surface area contributed by atoms with Crippen molar-refractivity contribution in [2.45, 2.75) is 31.8 Å². The first kappa shape index (κ1) is 10.6. The van der Waals surface area contributed by atoms with Crippen LogP contribution in [0.5, 0.6) is 0 Å². The van der Waals surface area contributed by atoms with Crippen LogP contribution >= 0.6 is 0 Å². The van der Waals surface area contributed by atoms with Crippen LogP contribution in [0.1, 0.15) is 19.8 Å². The highest BCUT2D eigenvalue weighted by Crippen LogP contribution is 2.12. The maximum atomic E-state index is 4.02. The highest BCUT2D eigenvalue weighted by atomic mass is 15.1. The molecule has 1 aromatic rings. The Bertz CT molecular complexity index is 275. The molecule has 0 amide bonds. The van der Waals surface area contributed by atoms with Crippen molar-refractivity contribution in [1.29, 1.82) is 0 Å². The summed E-state index contributed by atoms with van der Waals surface area (Å²) in [5.74, 6) is 0. The summed E-state index contributed by atoms with van der Waals surface area (Å²) in [6.07, 6.45) is 8.11. The van der Waals surface area contributed by atoms with Crippen molar-refractivity contribution in [2.75, 3.05) is 19.6 Å². The Labute approximate surface area is 91.1 Å². The lowest BCUT2D eigenvalue weighted by Gasteiger charge is -2.24. The molecule has 1 aromatic heterocycles. The molecule has 4 heteroatoms. The minimum absolute atomic E-state index is 0.314. The van der Waals surface area contributed by atoms with Crippen molar-refractivity contribution in [3.05, 3.63) is 18.7 Å². The fourth-order valence-electron chi connectivity index (χ4n) is 2.04. The van der Waals surface area contributed by atoms with Crippen LogP contribution in [0.4, 0.5) is 0 Å². The van der Waals surface area contributed by atoms with Crippen LogP contribution in [0, 0.1) is 0 Å². The van der Waals surface area contributed by atoms with Crippen LogP contribution in [0.3, 0.4) is 0 Å². The van der Waals surface area contributed by atoms with Crippen LogP contribution in [-0.4, -0.2) is 34.7 Å². The molecule has 1 saturated heterocycles. The summed E-state index contributed by atoms with van der Waals surface area (Å²) in [5.41, 5.74) is 0.314. The number of aromatic nitrogens is 2. The molecule has 2 rings (SSSR count). The van der Waals surface area contributed by atoms with Crippen molar-refractivity contribution in [3.8, 4) is 0 Å². The van der Waals surface area contributed by atoms with Gasteiger partial charge in [-0.3, -0.25) is 0 Å². The summed E-state index contributed by atoms with van der Waals surface area (Å²) in [5, 5.41) is 7.01. The Morgan fingerprint density at radius 2 is 2.53 bits per heavy atom. The molecule has 1 fully saturated rings. The molecular weight excluding hydrogens is 188 g/mol. The third kappa shape index (κ3) is 3.04. The molecule has 1 aliphatic heterocycles. The quantitative estimate of drug-likeness (QED) is 0.697. The van der Waals surface area contributed by atoms with Crippen LogP contribution in [0.15, 0.2) is 18.7 Å². The molecule has 15 heavy (non-hydrogen) atoms. The summed E-state index contributed by atoms with van der Waals surface area (Å²) in [7, 11) is 0. The lowest BCUT2D eigenvalue weighted by Crippen LogP contribution is -2.44. The summed E-state index contributed by atoms with van der Waals surface area (Å²) in [4.78, 5) is 4.02. The number of hydrogen-bond donors (Lipinski definition) is 2. The van der Waals surface area contributed by atoms with Gasteiger partial charge in [-0.05, 0) is 32.9 Å². The van der Waals surface area contributed by atoms with Crippen LogP contribution < -0.4 is 10.6 Å². The van der Waals surface area contributed by atoms with Crippen molar-refractivity contribution >= 4 is 0 Å². The van der Waals surface area contributed by atoms with Gasteiger partial charge in [-0.1, -0.05) is 0 Å². The van der Waals surface area contributed by atoms with Gasteiger partial charge in [0.15, 0.2) is 0 Å². The zero-order chi connectivity index (χ0) is 10.6. The monoisotopic (exact) mass is 208 g/mol. The van der Waals surface area contributed by atoms with Crippen LogP contribution in [0.25, 0.3) is 0 Å². The van der Waals surface area contributed by atoms with Gasteiger partial charge in [-0.25, -0.2) is 4.98 Å². The van der Waals surface area contributed by atoms with Crippen molar-refractivity contribution in [3.63, 3.8) is 0 Å². The molecule has 2 N–H and O–H groups in total. The van der Waals surface area contributed by atoms with Gasteiger partial charge in [-0.15, -0.1) is 0 Å². The molecule has 4 nitrogen and oxygen atoms in total. The van der Waals surface area contributed by atoms with E-state index in [1.165, 1.54) is 6.42 Å². The second kappa shape index (κ2) is 4.77. The lowest BCUT2D eigenvalue weighted by atomic mass is 10.0. The van der Waals surface area contributed by atoms with Gasteiger partial charge in [0.2, 0.25) is 0 Å². The van der Waals surface area contributed by atoms with E-state index in [2.05, 4.69) is 27.1 Å². The van der Waals surface area contributed by atoms with E-state index < -0.39 is 0 Å². The Hall–Kier alpha value is -0.870. The normalized spacial score (nSPS) is 25.9. The molecule has 0 spiro atoms. The zero-order valence-corrected chi connectivity index (χ0v) is 9.37. The summed E-state index contributed by atoms with van der Waals surface area (Å²) in [6.45, 7) is 6.67.